The number of piperidine rings is 1. The molecule has 27 heavy (non-hydrogen) atoms. The predicted octanol–water partition coefficient (Wildman–Crippen LogP) is 1.06. The van der Waals surface area contributed by atoms with E-state index in [0.29, 0.717) is 36.9 Å². The molecule has 0 unspecified atom stereocenters. The summed E-state index contributed by atoms with van der Waals surface area (Å²) >= 11 is 0. The van der Waals surface area contributed by atoms with Gasteiger partial charge in [0.05, 0.1) is 6.61 Å². The van der Waals surface area contributed by atoms with E-state index in [-0.39, 0.29) is 23.5 Å². The van der Waals surface area contributed by atoms with Crippen molar-refractivity contribution in [3.63, 3.8) is 0 Å². The Morgan fingerprint density at radius 1 is 1.30 bits per heavy atom. The molecule has 0 aliphatic carbocycles. The van der Waals surface area contributed by atoms with E-state index in [1.54, 1.807) is 25.1 Å². The lowest BCUT2D eigenvalue weighted by Gasteiger charge is -2.30. The molecule has 1 fully saturated rings. The van der Waals surface area contributed by atoms with E-state index >= 15 is 0 Å². The number of amides is 1. The number of ether oxygens (including phenoxy) is 1. The quantitative estimate of drug-likeness (QED) is 0.799. The number of aryl methyl sites for hydroxylation is 2. The Kier molecular flexibility index (Phi) is 5.34. The average molecular weight is 374 g/mol. The van der Waals surface area contributed by atoms with Crippen LogP contribution in [0.1, 0.15) is 32.3 Å². The molecule has 2 aromatic rings. The fourth-order valence-electron chi connectivity index (χ4n) is 3.48. The van der Waals surface area contributed by atoms with Crippen molar-refractivity contribution in [2.45, 2.75) is 40.2 Å². The molecule has 1 saturated heterocycles. The molecule has 0 bridgehead atoms. The van der Waals surface area contributed by atoms with Crippen molar-refractivity contribution in [2.75, 3.05) is 19.7 Å². The zero-order chi connectivity index (χ0) is 19.7. The highest BCUT2D eigenvalue weighted by Gasteiger charge is 2.24. The lowest BCUT2D eigenvalue weighted by molar-refractivity contribution is -0.133. The van der Waals surface area contributed by atoms with Crippen molar-refractivity contribution in [1.82, 2.24) is 19.0 Å². The Balaban J connectivity index is 2.08. The molecule has 2 aromatic heterocycles. The topological polar surface area (TPSA) is 86.4 Å². The van der Waals surface area contributed by atoms with Gasteiger partial charge in [-0.25, -0.2) is 14.3 Å². The number of hydrogen-bond acceptors (Lipinski definition) is 5. The number of carbonyl (C=O) groups excluding carboxylic acids is 1. The molecule has 0 atom stereocenters. The second kappa shape index (κ2) is 7.54. The molecule has 0 spiro atoms. The zero-order valence-corrected chi connectivity index (χ0v) is 16.3. The van der Waals surface area contributed by atoms with E-state index in [1.165, 1.54) is 4.57 Å². The van der Waals surface area contributed by atoms with E-state index in [9.17, 15) is 14.4 Å². The van der Waals surface area contributed by atoms with Crippen LogP contribution in [-0.2, 0) is 18.4 Å². The highest BCUT2D eigenvalue weighted by Crippen LogP contribution is 2.24. The van der Waals surface area contributed by atoms with Crippen molar-refractivity contribution in [3.8, 4) is 5.75 Å². The molecule has 1 aliphatic rings. The van der Waals surface area contributed by atoms with Crippen molar-refractivity contribution >= 4 is 16.9 Å². The van der Waals surface area contributed by atoms with E-state index in [0.717, 1.165) is 17.4 Å². The van der Waals surface area contributed by atoms with E-state index in [4.69, 9.17) is 4.74 Å². The molecular formula is C19H26N4O4. The summed E-state index contributed by atoms with van der Waals surface area (Å²) in [5.74, 6) is 0.795. The standard InChI is InChI=1S/C19H26N4O4/c1-5-27-16-13(3)10-20-17-15(16)18(25)23(19(26)21(17)4)11-14(24)22-8-6-12(2)7-9-22/h10,12H,5-9,11H2,1-4H3. The number of likely N-dealkylation sites (tertiary alicyclic amines) is 1. The van der Waals surface area contributed by atoms with Crippen LogP contribution in [0.2, 0.25) is 0 Å². The van der Waals surface area contributed by atoms with Crippen LogP contribution in [0.4, 0.5) is 0 Å². The van der Waals surface area contributed by atoms with Crippen molar-refractivity contribution < 1.29 is 9.53 Å². The largest absolute Gasteiger partial charge is 0.493 e. The van der Waals surface area contributed by atoms with Crippen molar-refractivity contribution in [2.24, 2.45) is 13.0 Å². The number of nitrogens with zero attached hydrogens (tertiary/aromatic N) is 4. The minimum atomic E-state index is -0.551. The van der Waals surface area contributed by atoms with Gasteiger partial charge in [0.1, 0.15) is 17.7 Å². The number of carbonyl (C=O) groups is 1. The van der Waals surface area contributed by atoms with E-state index in [2.05, 4.69) is 11.9 Å². The Morgan fingerprint density at radius 3 is 2.59 bits per heavy atom. The van der Waals surface area contributed by atoms with Crippen molar-refractivity contribution in [1.29, 1.82) is 0 Å². The number of hydrogen-bond donors (Lipinski definition) is 0. The van der Waals surface area contributed by atoms with Gasteiger partial charge < -0.3 is 9.64 Å². The average Bonchev–Trinajstić information content (AvgIpc) is 2.65. The number of pyridine rings is 1. The Hall–Kier alpha value is -2.64. The van der Waals surface area contributed by atoms with Crippen LogP contribution in [-0.4, -0.2) is 44.6 Å². The summed E-state index contributed by atoms with van der Waals surface area (Å²) in [6.45, 7) is 7.22. The van der Waals surface area contributed by atoms with Gasteiger partial charge in [-0.2, -0.15) is 0 Å². The highest BCUT2D eigenvalue weighted by molar-refractivity contribution is 5.83. The summed E-state index contributed by atoms with van der Waals surface area (Å²) in [5, 5.41) is 0.235. The van der Waals surface area contributed by atoms with Gasteiger partial charge in [0.25, 0.3) is 5.56 Å². The fourth-order valence-corrected chi connectivity index (χ4v) is 3.48. The summed E-state index contributed by atoms with van der Waals surface area (Å²) in [4.78, 5) is 44.4. The second-order valence-corrected chi connectivity index (χ2v) is 7.20. The molecule has 1 amide bonds. The van der Waals surface area contributed by atoms with Crippen LogP contribution >= 0.6 is 0 Å². The molecule has 3 rings (SSSR count). The normalized spacial score (nSPS) is 15.3. The minimum absolute atomic E-state index is 0.209. The van der Waals surface area contributed by atoms with Crippen molar-refractivity contribution in [3.05, 3.63) is 32.6 Å². The van der Waals surface area contributed by atoms with Gasteiger partial charge in [0.2, 0.25) is 5.91 Å². The molecule has 8 heteroatoms. The number of rotatable bonds is 4. The van der Waals surface area contributed by atoms with Gasteiger partial charge in [-0.3, -0.25) is 14.2 Å². The summed E-state index contributed by atoms with van der Waals surface area (Å²) in [7, 11) is 1.55. The van der Waals surface area contributed by atoms with Crippen LogP contribution in [0.25, 0.3) is 11.0 Å². The SMILES string of the molecule is CCOc1c(C)cnc2c1c(=O)n(CC(=O)N1CCC(C)CC1)c(=O)n2C. The molecule has 146 valence electrons. The first kappa shape index (κ1) is 19.1. The van der Waals surface area contributed by atoms with Gasteiger partial charge in [-0.15, -0.1) is 0 Å². The number of aromatic nitrogens is 3. The molecule has 0 radical (unpaired) electrons. The van der Waals surface area contributed by atoms with Gasteiger partial charge >= 0.3 is 5.69 Å². The second-order valence-electron chi connectivity index (χ2n) is 7.20. The summed E-state index contributed by atoms with van der Waals surface area (Å²) in [5.41, 5.74) is -0.117. The maximum atomic E-state index is 13.1. The van der Waals surface area contributed by atoms with Crippen LogP contribution in [0.5, 0.6) is 5.75 Å². The first-order chi connectivity index (χ1) is 12.8. The summed E-state index contributed by atoms with van der Waals surface area (Å²) in [6, 6.07) is 0. The molecular weight excluding hydrogens is 348 g/mol. The zero-order valence-electron chi connectivity index (χ0n) is 16.3. The molecule has 0 aromatic carbocycles. The van der Waals surface area contributed by atoms with Gasteiger partial charge in [0.15, 0.2) is 5.65 Å². The maximum absolute atomic E-state index is 13.1. The summed E-state index contributed by atoms with van der Waals surface area (Å²) in [6.07, 6.45) is 3.46. The van der Waals surface area contributed by atoms with Crippen LogP contribution in [0.15, 0.2) is 15.8 Å². The Morgan fingerprint density at radius 2 is 1.96 bits per heavy atom. The fraction of sp³-hybridized carbons (Fsp3) is 0.579. The monoisotopic (exact) mass is 374 g/mol. The molecule has 0 saturated carbocycles. The lowest BCUT2D eigenvalue weighted by Crippen LogP contribution is -2.46. The van der Waals surface area contributed by atoms with Gasteiger partial charge in [0, 0.05) is 31.9 Å². The van der Waals surface area contributed by atoms with Crippen LogP contribution in [0, 0.1) is 12.8 Å². The Labute approximate surface area is 157 Å². The third kappa shape index (κ3) is 3.48. The van der Waals surface area contributed by atoms with E-state index < -0.39 is 11.2 Å². The van der Waals surface area contributed by atoms with Gasteiger partial charge in [-0.1, -0.05) is 6.92 Å². The minimum Gasteiger partial charge on any atom is -0.493 e. The third-order valence-electron chi connectivity index (χ3n) is 5.20. The molecule has 3 heterocycles. The summed E-state index contributed by atoms with van der Waals surface area (Å²) < 4.78 is 7.94. The molecule has 8 nitrogen and oxygen atoms in total. The Bertz CT molecular complexity index is 984. The first-order valence-corrected chi connectivity index (χ1v) is 9.34. The lowest BCUT2D eigenvalue weighted by atomic mass is 9.99. The van der Waals surface area contributed by atoms with Gasteiger partial charge in [-0.05, 0) is 32.6 Å². The smallest absolute Gasteiger partial charge is 0.332 e. The molecule has 0 N–H and O–H groups in total. The maximum Gasteiger partial charge on any atom is 0.332 e. The predicted molar refractivity (Wildman–Crippen MR) is 102 cm³/mol. The third-order valence-corrected chi connectivity index (χ3v) is 5.20. The van der Waals surface area contributed by atoms with Crippen LogP contribution in [0.3, 0.4) is 0 Å². The van der Waals surface area contributed by atoms with Crippen LogP contribution < -0.4 is 16.0 Å². The number of fused-ring (bicyclic) bond motifs is 1. The highest BCUT2D eigenvalue weighted by atomic mass is 16.5. The van der Waals surface area contributed by atoms with E-state index in [1.807, 2.05) is 6.92 Å². The molecule has 1 aliphatic heterocycles. The first-order valence-electron chi connectivity index (χ1n) is 9.34.